The monoisotopic (exact) mass is 1300 g/mol. The minimum atomic E-state index is -4.95. The van der Waals surface area contributed by atoms with Crippen LogP contribution in [0.15, 0.2) is 0 Å². The van der Waals surface area contributed by atoms with Crippen LogP contribution in [0.2, 0.25) is 0 Å². The molecule has 0 aliphatic rings. The highest BCUT2D eigenvalue weighted by Gasteiger charge is 2.30. The lowest BCUT2D eigenvalue weighted by molar-refractivity contribution is -0.161. The normalized spacial score (nSPS) is 14.1. The van der Waals surface area contributed by atoms with Gasteiger partial charge in [0.2, 0.25) is 0 Å². The van der Waals surface area contributed by atoms with Crippen molar-refractivity contribution in [2.75, 3.05) is 39.6 Å². The lowest BCUT2D eigenvalue weighted by Gasteiger charge is -2.21. The molecule has 522 valence electrons. The van der Waals surface area contributed by atoms with Crippen LogP contribution in [0.3, 0.4) is 0 Å². The molecule has 2 unspecified atom stereocenters. The van der Waals surface area contributed by atoms with Gasteiger partial charge in [-0.2, -0.15) is 0 Å². The fraction of sp³-hybridized carbons (Fsp3) is 0.942. The molecule has 17 nitrogen and oxygen atoms in total. The SMILES string of the molecule is CCCCCCCCCCCCCCCCCC(=O)O[C@H](COC(=O)CCCCCCCCCCCCCCCC)COP(=O)(O)OC[C@@H](O)COP(=O)(O)OC[C@@H](COC(=O)CCCCCCCCC(C)C)OC(=O)CCCCCCCCCCCC. The highest BCUT2D eigenvalue weighted by molar-refractivity contribution is 7.47. The number of aliphatic hydroxyl groups is 1. The van der Waals surface area contributed by atoms with Crippen LogP contribution in [-0.2, 0) is 65.4 Å². The first kappa shape index (κ1) is 86.1. The maximum atomic E-state index is 13.0. The molecule has 88 heavy (non-hydrogen) atoms. The molecule has 0 saturated heterocycles. The molecule has 0 saturated carbocycles. The molecule has 0 aliphatic heterocycles. The maximum absolute atomic E-state index is 13.0. The molecule has 3 N–H and O–H groups in total. The van der Waals surface area contributed by atoms with E-state index >= 15 is 0 Å². The van der Waals surface area contributed by atoms with Crippen molar-refractivity contribution in [3.05, 3.63) is 0 Å². The molecule has 0 fully saturated rings. The van der Waals surface area contributed by atoms with Crippen molar-refractivity contribution in [3.63, 3.8) is 0 Å². The Balaban J connectivity index is 5.23. The van der Waals surface area contributed by atoms with E-state index in [1.807, 2.05) is 0 Å². The smallest absolute Gasteiger partial charge is 0.462 e. The van der Waals surface area contributed by atoms with Crippen LogP contribution in [0, 0.1) is 5.92 Å². The van der Waals surface area contributed by atoms with Crippen molar-refractivity contribution in [3.8, 4) is 0 Å². The summed E-state index contributed by atoms with van der Waals surface area (Å²) in [7, 11) is -9.89. The maximum Gasteiger partial charge on any atom is 0.472 e. The topological polar surface area (TPSA) is 237 Å². The highest BCUT2D eigenvalue weighted by atomic mass is 31.2. The molecule has 0 amide bonds. The first-order valence-corrected chi connectivity index (χ1v) is 39.1. The van der Waals surface area contributed by atoms with E-state index in [2.05, 4.69) is 34.6 Å². The van der Waals surface area contributed by atoms with Crippen LogP contribution < -0.4 is 0 Å². The van der Waals surface area contributed by atoms with Gasteiger partial charge < -0.3 is 33.8 Å². The number of carbonyl (C=O) groups excluding carboxylic acids is 4. The van der Waals surface area contributed by atoms with Gasteiger partial charge in [-0.1, -0.05) is 304 Å². The summed E-state index contributed by atoms with van der Waals surface area (Å²) in [4.78, 5) is 72.4. The van der Waals surface area contributed by atoms with Gasteiger partial charge in [-0.3, -0.25) is 37.3 Å². The molecule has 0 heterocycles. The van der Waals surface area contributed by atoms with Crippen molar-refractivity contribution in [1.29, 1.82) is 0 Å². The van der Waals surface area contributed by atoms with Crippen LogP contribution in [0.25, 0.3) is 0 Å². The van der Waals surface area contributed by atoms with E-state index in [0.29, 0.717) is 31.6 Å². The predicted octanol–water partition coefficient (Wildman–Crippen LogP) is 19.7. The largest absolute Gasteiger partial charge is 0.472 e. The van der Waals surface area contributed by atoms with Gasteiger partial charge in [-0.25, -0.2) is 9.13 Å². The molecule has 0 aromatic carbocycles. The van der Waals surface area contributed by atoms with Crippen LogP contribution >= 0.6 is 15.6 Å². The van der Waals surface area contributed by atoms with Gasteiger partial charge in [-0.05, 0) is 31.6 Å². The summed E-state index contributed by atoms with van der Waals surface area (Å²) in [5.74, 6) is -1.44. The second-order valence-corrected chi connectivity index (χ2v) is 28.3. The average Bonchev–Trinajstić information content (AvgIpc) is 3.67. The van der Waals surface area contributed by atoms with Crippen LogP contribution in [0.4, 0.5) is 0 Å². The fourth-order valence-corrected chi connectivity index (χ4v) is 12.0. The van der Waals surface area contributed by atoms with E-state index in [1.54, 1.807) is 0 Å². The van der Waals surface area contributed by atoms with E-state index in [9.17, 15) is 43.2 Å². The summed E-state index contributed by atoms with van der Waals surface area (Å²) in [5, 5.41) is 10.6. The average molecular weight is 1300 g/mol. The Morgan fingerprint density at radius 3 is 0.773 bits per heavy atom. The zero-order valence-electron chi connectivity index (χ0n) is 56.9. The molecule has 0 aromatic rings. The number of carbonyl (C=O) groups is 4. The Morgan fingerprint density at radius 1 is 0.307 bits per heavy atom. The summed E-state index contributed by atoms with van der Waals surface area (Å²) >= 11 is 0. The molecular weight excluding hydrogens is 1160 g/mol. The van der Waals surface area contributed by atoms with Crippen molar-refractivity contribution in [1.82, 2.24) is 0 Å². The predicted molar refractivity (Wildman–Crippen MR) is 354 cm³/mol. The number of hydrogen-bond acceptors (Lipinski definition) is 15. The molecule has 0 spiro atoms. The quantitative estimate of drug-likeness (QED) is 0.0222. The number of hydrogen-bond donors (Lipinski definition) is 3. The van der Waals surface area contributed by atoms with Gasteiger partial charge in [0.15, 0.2) is 12.2 Å². The van der Waals surface area contributed by atoms with Gasteiger partial charge in [0.05, 0.1) is 26.4 Å². The molecule has 0 aromatic heterocycles. The van der Waals surface area contributed by atoms with Crippen molar-refractivity contribution >= 4 is 39.5 Å². The second-order valence-electron chi connectivity index (χ2n) is 25.4. The lowest BCUT2D eigenvalue weighted by atomic mass is 10.0. The van der Waals surface area contributed by atoms with Gasteiger partial charge in [0.1, 0.15) is 19.3 Å². The first-order valence-electron chi connectivity index (χ1n) is 36.1. The Morgan fingerprint density at radius 2 is 0.523 bits per heavy atom. The third-order valence-corrected chi connectivity index (χ3v) is 17.9. The van der Waals surface area contributed by atoms with E-state index in [0.717, 1.165) is 96.3 Å². The fourth-order valence-electron chi connectivity index (χ4n) is 10.5. The summed E-state index contributed by atoms with van der Waals surface area (Å²) in [6.07, 6.45) is 48.6. The number of phosphoric acid groups is 2. The first-order chi connectivity index (χ1) is 42.5. The molecule has 19 heteroatoms. The Bertz CT molecular complexity index is 1700. The van der Waals surface area contributed by atoms with Gasteiger partial charge in [-0.15, -0.1) is 0 Å². The number of rotatable bonds is 69. The zero-order valence-corrected chi connectivity index (χ0v) is 58.6. The van der Waals surface area contributed by atoms with E-state index in [-0.39, 0.29) is 25.7 Å². The van der Waals surface area contributed by atoms with E-state index in [1.165, 1.54) is 173 Å². The number of phosphoric ester groups is 2. The highest BCUT2D eigenvalue weighted by Crippen LogP contribution is 2.45. The minimum absolute atomic E-state index is 0.106. The number of aliphatic hydroxyl groups excluding tert-OH is 1. The van der Waals surface area contributed by atoms with Crippen molar-refractivity contribution in [2.24, 2.45) is 5.92 Å². The second kappa shape index (κ2) is 62.5. The van der Waals surface area contributed by atoms with Crippen molar-refractivity contribution in [2.45, 2.75) is 374 Å². The van der Waals surface area contributed by atoms with Gasteiger partial charge >= 0.3 is 39.5 Å². The summed E-state index contributed by atoms with van der Waals surface area (Å²) in [5.41, 5.74) is 0. The Hall–Kier alpha value is -1.94. The number of esters is 4. The standard InChI is InChI=1S/C69H134O17P2/c1-6-9-12-15-18-21-24-26-28-30-32-35-38-45-50-55-69(74)85-64(58-79-66(71)52-47-42-36-34-31-29-27-25-22-19-16-13-10-7-2)60-83-87(75,76)81-56-63(70)57-82-88(77,78)84-61-65(59-80-67(72)53-48-43-40-39-41-46-51-62(4)5)86-68(73)54-49-44-37-33-23-20-17-14-11-8-3/h62-65,70H,6-61H2,1-5H3,(H,75,76)(H,77,78)/t63-,64-,65-/m1/s1. The van der Waals surface area contributed by atoms with Gasteiger partial charge in [0, 0.05) is 25.7 Å². The molecule has 0 rings (SSSR count). The van der Waals surface area contributed by atoms with Gasteiger partial charge in [0.25, 0.3) is 0 Å². The molecule has 5 atom stereocenters. The molecular formula is C69H134O17P2. The third kappa shape index (κ3) is 62.8. The van der Waals surface area contributed by atoms with E-state index < -0.39 is 97.5 Å². The summed E-state index contributed by atoms with van der Waals surface area (Å²) in [6, 6.07) is 0. The number of unbranched alkanes of at least 4 members (excludes halogenated alkanes) is 41. The van der Waals surface area contributed by atoms with Crippen LogP contribution in [0.1, 0.15) is 356 Å². The third-order valence-electron chi connectivity index (χ3n) is 16.0. The van der Waals surface area contributed by atoms with Crippen LogP contribution in [-0.4, -0.2) is 96.7 Å². The Labute approximate surface area is 537 Å². The summed E-state index contributed by atoms with van der Waals surface area (Å²) < 4.78 is 68.2. The molecule has 0 bridgehead atoms. The molecule has 0 radical (unpaired) electrons. The minimum Gasteiger partial charge on any atom is -0.462 e. The van der Waals surface area contributed by atoms with Crippen LogP contribution in [0.5, 0.6) is 0 Å². The molecule has 0 aliphatic carbocycles. The van der Waals surface area contributed by atoms with E-state index in [4.69, 9.17) is 37.0 Å². The zero-order chi connectivity index (χ0) is 64.9. The van der Waals surface area contributed by atoms with Crippen molar-refractivity contribution < 1.29 is 80.2 Å². The number of ether oxygens (including phenoxy) is 4. The lowest BCUT2D eigenvalue weighted by Crippen LogP contribution is -2.30. The summed E-state index contributed by atoms with van der Waals surface area (Å²) in [6.45, 7) is 7.15. The Kier molecular flexibility index (Phi) is 61.1.